The summed E-state index contributed by atoms with van der Waals surface area (Å²) in [6.45, 7) is 4.39. The molecule has 0 aliphatic rings. The first-order valence-corrected chi connectivity index (χ1v) is 6.76. The molecule has 21 heavy (non-hydrogen) atoms. The van der Waals surface area contributed by atoms with Crippen LogP contribution in [-0.4, -0.2) is 25.8 Å². The maximum Gasteiger partial charge on any atom is 0.354 e. The molecule has 0 spiro atoms. The van der Waals surface area contributed by atoms with Crippen molar-refractivity contribution in [3.63, 3.8) is 0 Å². The number of hydrogen-bond donors (Lipinski definition) is 1. The summed E-state index contributed by atoms with van der Waals surface area (Å²) in [5, 5.41) is 14.5. The molecule has 0 unspecified atom stereocenters. The van der Waals surface area contributed by atoms with Crippen molar-refractivity contribution in [1.29, 1.82) is 0 Å². The zero-order valence-corrected chi connectivity index (χ0v) is 11.9. The van der Waals surface area contributed by atoms with Crippen LogP contribution in [-0.2, 0) is 6.54 Å². The van der Waals surface area contributed by atoms with Gasteiger partial charge in [-0.1, -0.05) is 18.2 Å². The number of carboxylic acids is 1. The van der Waals surface area contributed by atoms with Crippen molar-refractivity contribution in [2.45, 2.75) is 20.4 Å². The molecule has 0 saturated heterocycles. The van der Waals surface area contributed by atoms with E-state index in [4.69, 9.17) is 0 Å². The molecule has 0 radical (unpaired) electrons. The molecule has 1 N–H and O–H groups in total. The molecule has 0 atom stereocenters. The van der Waals surface area contributed by atoms with Crippen LogP contribution < -0.4 is 0 Å². The van der Waals surface area contributed by atoms with E-state index >= 15 is 0 Å². The van der Waals surface area contributed by atoms with Crippen molar-refractivity contribution >= 4 is 16.9 Å². The summed E-state index contributed by atoms with van der Waals surface area (Å²) in [6, 6.07) is 7.91. The average Bonchev–Trinajstić information content (AvgIpc) is 2.91. The minimum absolute atomic E-state index is 0.200. The molecule has 5 heteroatoms. The SMILES string of the molecule is CCn1ncc(-c2cnc3c(C)cccc3c2)c1C(=O)O. The van der Waals surface area contributed by atoms with Crippen molar-refractivity contribution in [3.8, 4) is 11.1 Å². The van der Waals surface area contributed by atoms with Crippen LogP contribution in [0.2, 0.25) is 0 Å². The second-order valence-electron chi connectivity index (χ2n) is 4.90. The van der Waals surface area contributed by atoms with Gasteiger partial charge in [0.05, 0.1) is 11.7 Å². The van der Waals surface area contributed by atoms with E-state index in [0.717, 1.165) is 22.0 Å². The highest BCUT2D eigenvalue weighted by Crippen LogP contribution is 2.27. The van der Waals surface area contributed by atoms with E-state index in [9.17, 15) is 9.90 Å². The normalized spacial score (nSPS) is 11.0. The van der Waals surface area contributed by atoms with Crippen LogP contribution in [0.3, 0.4) is 0 Å². The third-order valence-corrected chi connectivity index (χ3v) is 3.57. The first-order chi connectivity index (χ1) is 10.1. The second-order valence-corrected chi connectivity index (χ2v) is 4.90. The van der Waals surface area contributed by atoms with Crippen molar-refractivity contribution in [2.24, 2.45) is 0 Å². The van der Waals surface area contributed by atoms with Gasteiger partial charge in [-0.25, -0.2) is 4.79 Å². The number of aromatic carboxylic acids is 1. The van der Waals surface area contributed by atoms with Crippen LogP contribution in [0.1, 0.15) is 23.0 Å². The Morgan fingerprint density at radius 3 is 2.86 bits per heavy atom. The monoisotopic (exact) mass is 281 g/mol. The molecule has 1 aromatic carbocycles. The number of rotatable bonds is 3. The standard InChI is InChI=1S/C16H15N3O2/c1-3-19-15(16(20)21)13(9-18-19)12-7-11-6-4-5-10(2)14(11)17-8-12/h4-9H,3H2,1-2H3,(H,20,21). The topological polar surface area (TPSA) is 68.0 Å². The van der Waals surface area contributed by atoms with E-state index in [-0.39, 0.29) is 5.69 Å². The number of nitrogens with zero attached hydrogens (tertiary/aromatic N) is 3. The Kier molecular flexibility index (Phi) is 3.17. The lowest BCUT2D eigenvalue weighted by molar-refractivity contribution is 0.0684. The Labute approximate surface area is 121 Å². The number of aromatic nitrogens is 3. The van der Waals surface area contributed by atoms with Gasteiger partial charge in [0.2, 0.25) is 0 Å². The Bertz CT molecular complexity index is 837. The van der Waals surface area contributed by atoms with E-state index in [1.54, 1.807) is 12.4 Å². The smallest absolute Gasteiger partial charge is 0.354 e. The van der Waals surface area contributed by atoms with Gasteiger partial charge in [-0.3, -0.25) is 9.67 Å². The molecule has 0 bridgehead atoms. The quantitative estimate of drug-likeness (QED) is 0.801. The number of aryl methyl sites for hydroxylation is 2. The molecule has 2 heterocycles. The van der Waals surface area contributed by atoms with Crippen molar-refractivity contribution in [2.75, 3.05) is 0 Å². The van der Waals surface area contributed by atoms with Crippen LogP contribution in [0.4, 0.5) is 0 Å². The van der Waals surface area contributed by atoms with Gasteiger partial charge in [-0.2, -0.15) is 5.10 Å². The molecule has 0 aliphatic heterocycles. The zero-order valence-electron chi connectivity index (χ0n) is 11.9. The molecule has 0 saturated carbocycles. The maximum atomic E-state index is 11.5. The summed E-state index contributed by atoms with van der Waals surface area (Å²) in [7, 11) is 0. The summed E-state index contributed by atoms with van der Waals surface area (Å²) < 4.78 is 1.48. The van der Waals surface area contributed by atoms with E-state index in [0.29, 0.717) is 12.1 Å². The number of carbonyl (C=O) groups is 1. The van der Waals surface area contributed by atoms with E-state index in [1.807, 2.05) is 38.1 Å². The van der Waals surface area contributed by atoms with Crippen LogP contribution in [0.15, 0.2) is 36.7 Å². The zero-order chi connectivity index (χ0) is 15.0. The lowest BCUT2D eigenvalue weighted by Gasteiger charge is -2.06. The second kappa shape index (κ2) is 5.01. The van der Waals surface area contributed by atoms with E-state index < -0.39 is 5.97 Å². The molecule has 0 aliphatic carbocycles. The summed E-state index contributed by atoms with van der Waals surface area (Å²) in [4.78, 5) is 15.9. The van der Waals surface area contributed by atoms with E-state index in [2.05, 4.69) is 10.1 Å². The van der Waals surface area contributed by atoms with Gasteiger partial charge in [0.15, 0.2) is 5.69 Å². The highest BCUT2D eigenvalue weighted by molar-refractivity contribution is 5.95. The maximum absolute atomic E-state index is 11.5. The van der Waals surface area contributed by atoms with Gasteiger partial charge in [-0.05, 0) is 25.5 Å². The van der Waals surface area contributed by atoms with Gasteiger partial charge in [-0.15, -0.1) is 0 Å². The number of benzene rings is 1. The first-order valence-electron chi connectivity index (χ1n) is 6.76. The molecule has 5 nitrogen and oxygen atoms in total. The minimum atomic E-state index is -0.978. The Morgan fingerprint density at radius 2 is 2.14 bits per heavy atom. The summed E-state index contributed by atoms with van der Waals surface area (Å²) >= 11 is 0. The van der Waals surface area contributed by atoms with Crippen LogP contribution in [0.5, 0.6) is 0 Å². The van der Waals surface area contributed by atoms with Gasteiger partial charge in [0.25, 0.3) is 0 Å². The van der Waals surface area contributed by atoms with Gasteiger partial charge in [0, 0.05) is 29.3 Å². The molecule has 0 fully saturated rings. The molecule has 0 amide bonds. The average molecular weight is 281 g/mol. The molecular weight excluding hydrogens is 266 g/mol. The van der Waals surface area contributed by atoms with Gasteiger partial charge >= 0.3 is 5.97 Å². The van der Waals surface area contributed by atoms with Crippen LogP contribution in [0, 0.1) is 6.92 Å². The number of carboxylic acid groups (broad SMARTS) is 1. The highest BCUT2D eigenvalue weighted by atomic mass is 16.4. The predicted molar refractivity (Wildman–Crippen MR) is 80.3 cm³/mol. The van der Waals surface area contributed by atoms with Crippen LogP contribution >= 0.6 is 0 Å². The molecule has 3 aromatic rings. The first kappa shape index (κ1) is 13.3. The summed E-state index contributed by atoms with van der Waals surface area (Å²) in [5.41, 5.74) is 3.60. The Hall–Kier alpha value is -2.69. The number of fused-ring (bicyclic) bond motifs is 1. The largest absolute Gasteiger partial charge is 0.477 e. The van der Waals surface area contributed by atoms with Crippen molar-refractivity contribution in [1.82, 2.24) is 14.8 Å². The Morgan fingerprint density at radius 1 is 1.33 bits per heavy atom. The van der Waals surface area contributed by atoms with Crippen LogP contribution in [0.25, 0.3) is 22.0 Å². The Balaban J connectivity index is 2.21. The fraction of sp³-hybridized carbons (Fsp3) is 0.188. The van der Waals surface area contributed by atoms with Gasteiger partial charge < -0.3 is 5.11 Å². The summed E-state index contributed by atoms with van der Waals surface area (Å²) in [5.74, 6) is -0.978. The molecule has 2 aromatic heterocycles. The minimum Gasteiger partial charge on any atom is -0.477 e. The third kappa shape index (κ3) is 2.16. The number of hydrogen-bond acceptors (Lipinski definition) is 3. The summed E-state index contributed by atoms with van der Waals surface area (Å²) in [6.07, 6.45) is 3.30. The van der Waals surface area contributed by atoms with Crippen molar-refractivity contribution in [3.05, 3.63) is 47.9 Å². The highest BCUT2D eigenvalue weighted by Gasteiger charge is 2.18. The fourth-order valence-electron chi connectivity index (χ4n) is 2.52. The molecular formula is C16H15N3O2. The number of pyridine rings is 1. The molecule has 3 rings (SSSR count). The van der Waals surface area contributed by atoms with E-state index in [1.165, 1.54) is 4.68 Å². The lowest BCUT2D eigenvalue weighted by Crippen LogP contribution is -2.09. The van der Waals surface area contributed by atoms with Gasteiger partial charge in [0.1, 0.15) is 0 Å². The fourth-order valence-corrected chi connectivity index (χ4v) is 2.52. The predicted octanol–water partition coefficient (Wildman–Crippen LogP) is 3.12. The van der Waals surface area contributed by atoms with Crippen molar-refractivity contribution < 1.29 is 9.90 Å². The lowest BCUT2D eigenvalue weighted by atomic mass is 10.0. The number of para-hydroxylation sites is 1. The third-order valence-electron chi connectivity index (χ3n) is 3.57. The molecule has 106 valence electrons.